The molecule has 12 aliphatic rings. The van der Waals surface area contributed by atoms with Crippen molar-refractivity contribution in [3.63, 3.8) is 0 Å². The van der Waals surface area contributed by atoms with Crippen molar-refractivity contribution >= 4 is 0 Å². The molecular formula is C16H18Ti. The topological polar surface area (TPSA) is 0 Å². The van der Waals surface area contributed by atoms with Gasteiger partial charge in [-0.15, -0.1) is 0 Å². The monoisotopic (exact) mass is 258 g/mol. The van der Waals surface area contributed by atoms with Gasteiger partial charge in [0.05, 0.1) is 0 Å². The molecule has 4 atom stereocenters. The van der Waals surface area contributed by atoms with Gasteiger partial charge in [0, 0.05) is 0 Å². The molecule has 17 heavy (non-hydrogen) atoms. The number of rotatable bonds is 2. The minimum atomic E-state index is -3.17. The van der Waals surface area contributed by atoms with E-state index >= 15 is 0 Å². The molecule has 2 aliphatic carbocycles. The average Bonchev–Trinajstić information content (AvgIpc) is 3.08. The molecule has 0 bridgehead atoms. The molecule has 0 nitrogen and oxygen atoms in total. The van der Waals surface area contributed by atoms with E-state index in [1.54, 1.807) is 59.5 Å². The fourth-order valence-electron chi connectivity index (χ4n) is 28.8. The van der Waals surface area contributed by atoms with Crippen LogP contribution in [0.1, 0.15) is 25.7 Å². The Morgan fingerprint density at radius 3 is 1.24 bits per heavy atom. The van der Waals surface area contributed by atoms with Crippen LogP contribution in [0, 0.1) is 11.8 Å². The number of hydrogen-bond donors (Lipinski definition) is 0. The zero-order valence-corrected chi connectivity index (χ0v) is 11.7. The van der Waals surface area contributed by atoms with Gasteiger partial charge in [0.25, 0.3) is 0 Å². The molecule has 0 aromatic heterocycles. The van der Waals surface area contributed by atoms with E-state index in [1.807, 2.05) is 0 Å². The van der Waals surface area contributed by atoms with Crippen molar-refractivity contribution in [1.82, 2.24) is 0 Å². The van der Waals surface area contributed by atoms with Crippen LogP contribution in [0.25, 0.3) is 0 Å². The first-order valence-corrected chi connectivity index (χ1v) is 18.0. The standard InChI is InChI=1S/C11H13.C5H5.Ti/c1-2-10(8-4-5-8)11(3-1)9-6-7-9;1-2-4-5-3-1;/h1-3,8-9H,4-7H2;1-5H;. The summed E-state index contributed by atoms with van der Waals surface area (Å²) in [4.78, 5) is 0. The van der Waals surface area contributed by atoms with E-state index in [0.29, 0.717) is 0 Å². The summed E-state index contributed by atoms with van der Waals surface area (Å²) in [5.41, 5.74) is 0. The third kappa shape index (κ3) is 0.0599. The van der Waals surface area contributed by atoms with Crippen LogP contribution in [0.4, 0.5) is 0 Å². The minimum absolute atomic E-state index is 1.31. The predicted molar refractivity (Wildman–Crippen MR) is 60.8 cm³/mol. The van der Waals surface area contributed by atoms with E-state index in [1.165, 1.54) is 19.3 Å². The first-order chi connectivity index (χ1) is 8.15. The van der Waals surface area contributed by atoms with Gasteiger partial charge in [0.15, 0.2) is 0 Å². The molecule has 0 aromatic rings. The SMILES string of the molecule is C1CC1[C]12[CH]3[CH]4[CH]5[C]1(C1CC1)[Ti]43521678[CH]2[CH]1[CH]6[CH]7[CH]28. The van der Waals surface area contributed by atoms with Crippen molar-refractivity contribution in [2.75, 3.05) is 0 Å². The molecule has 86 valence electrons. The second kappa shape index (κ2) is 0.491. The summed E-state index contributed by atoms with van der Waals surface area (Å²) in [6.45, 7) is 0. The molecule has 10 saturated heterocycles. The van der Waals surface area contributed by atoms with Crippen molar-refractivity contribution in [3.05, 3.63) is 0 Å². The van der Waals surface area contributed by atoms with Crippen LogP contribution in [0.15, 0.2) is 0 Å². The summed E-state index contributed by atoms with van der Waals surface area (Å²) in [6, 6.07) is 0. The van der Waals surface area contributed by atoms with Gasteiger partial charge in [0.2, 0.25) is 0 Å². The van der Waals surface area contributed by atoms with Crippen LogP contribution >= 0.6 is 0 Å². The van der Waals surface area contributed by atoms with Crippen LogP contribution in [0.5, 0.6) is 0 Å². The zero-order valence-electron chi connectivity index (χ0n) is 10.1. The summed E-state index contributed by atoms with van der Waals surface area (Å²) in [6.07, 6.45) is 6.92. The van der Waals surface area contributed by atoms with Crippen molar-refractivity contribution in [2.45, 2.75) is 66.9 Å². The Balaban J connectivity index is 1.68. The van der Waals surface area contributed by atoms with Crippen LogP contribution in [-0.4, -0.2) is 0 Å². The molecule has 12 fully saturated rings. The number of hydrogen-bond acceptors (Lipinski definition) is 0. The van der Waals surface area contributed by atoms with Crippen molar-refractivity contribution in [2.24, 2.45) is 11.8 Å². The maximum absolute atomic E-state index is 3.17. The normalized spacial score (nSPS) is 132. The van der Waals surface area contributed by atoms with E-state index < -0.39 is 8.89 Å². The fourth-order valence-corrected chi connectivity index (χ4v) is 157. The first kappa shape index (κ1) is 6.00. The third-order valence-electron chi connectivity index (χ3n) is 23.2. The van der Waals surface area contributed by atoms with Gasteiger partial charge >= 0.3 is 87.6 Å². The molecule has 10 aliphatic heterocycles. The number of fused-ring (bicyclic) bond motifs is 10. The summed E-state index contributed by atoms with van der Waals surface area (Å²) < 4.78 is 15.5. The van der Waals surface area contributed by atoms with Gasteiger partial charge in [-0.25, -0.2) is 0 Å². The van der Waals surface area contributed by atoms with Crippen molar-refractivity contribution in [3.8, 4) is 0 Å². The van der Waals surface area contributed by atoms with Crippen molar-refractivity contribution in [1.29, 1.82) is 0 Å². The van der Waals surface area contributed by atoms with Crippen LogP contribution in [-0.2, 0) is 8.89 Å². The molecule has 4 unspecified atom stereocenters. The van der Waals surface area contributed by atoms with E-state index in [4.69, 9.17) is 0 Å². The van der Waals surface area contributed by atoms with Gasteiger partial charge in [-0.1, -0.05) is 0 Å². The molecule has 0 radical (unpaired) electrons. The summed E-state index contributed by atoms with van der Waals surface area (Å²) in [5, 5.41) is 0. The average molecular weight is 258 g/mol. The van der Waals surface area contributed by atoms with Gasteiger partial charge in [-0.2, -0.15) is 0 Å². The van der Waals surface area contributed by atoms with Crippen LogP contribution in [0.2, 0.25) is 41.2 Å². The summed E-state index contributed by atoms with van der Waals surface area (Å²) in [7, 11) is -3.17. The fraction of sp³-hybridized carbons (Fsp3) is 1.00. The molecule has 1 spiro atoms. The Bertz CT molecular complexity index is 954. The van der Waals surface area contributed by atoms with Crippen LogP contribution < -0.4 is 0 Å². The Kier molecular flexibility index (Phi) is 0.173. The molecule has 0 aromatic carbocycles. The van der Waals surface area contributed by atoms with Gasteiger partial charge in [-0.3, -0.25) is 0 Å². The van der Waals surface area contributed by atoms with Gasteiger partial charge < -0.3 is 0 Å². The van der Waals surface area contributed by atoms with E-state index in [-0.39, 0.29) is 0 Å². The zero-order chi connectivity index (χ0) is 9.92. The van der Waals surface area contributed by atoms with E-state index in [0.717, 1.165) is 0 Å². The molecule has 0 N–H and O–H groups in total. The first-order valence-electron chi connectivity index (χ1n) is 9.18. The molecular weight excluding hydrogens is 240 g/mol. The molecule has 2 saturated carbocycles. The molecule has 10 heterocycles. The Labute approximate surface area is 87.4 Å². The molecule has 0 amide bonds. The van der Waals surface area contributed by atoms with Crippen molar-refractivity contribution < 1.29 is 8.89 Å². The quantitative estimate of drug-likeness (QED) is 0.615. The summed E-state index contributed by atoms with van der Waals surface area (Å²) in [5.74, 6) is 2.79. The second-order valence-electron chi connectivity index (χ2n) is 15.5. The maximum atomic E-state index is 1.73. The second-order valence-corrected chi connectivity index (χ2v) is 48.4. The molecule has 1 heteroatoms. The van der Waals surface area contributed by atoms with Crippen LogP contribution in [0.3, 0.4) is 0 Å². The third-order valence-corrected chi connectivity index (χ3v) is 84.9. The predicted octanol–water partition coefficient (Wildman–Crippen LogP) is 4.94. The summed E-state index contributed by atoms with van der Waals surface area (Å²) >= 11 is 0. The van der Waals surface area contributed by atoms with E-state index in [2.05, 4.69) is 0 Å². The molecule has 12 rings (SSSR count). The Hall–Kier alpha value is 0.714. The van der Waals surface area contributed by atoms with E-state index in [9.17, 15) is 0 Å². The van der Waals surface area contributed by atoms with Gasteiger partial charge in [0.1, 0.15) is 0 Å². The Morgan fingerprint density at radius 1 is 0.588 bits per heavy atom. The van der Waals surface area contributed by atoms with Gasteiger partial charge in [-0.05, 0) is 0 Å². The Morgan fingerprint density at radius 2 is 1.00 bits per heavy atom.